The Bertz CT molecular complexity index is 1060. The summed E-state index contributed by atoms with van der Waals surface area (Å²) >= 11 is 0. The number of nitrogens with one attached hydrogen (secondary N) is 2. The molecular weight excluding hydrogens is 426 g/mol. The van der Waals surface area contributed by atoms with Crippen LogP contribution in [-0.2, 0) is 9.59 Å². The summed E-state index contributed by atoms with van der Waals surface area (Å²) in [5, 5.41) is 8.80. The van der Waals surface area contributed by atoms with Crippen molar-refractivity contribution in [1.82, 2.24) is 15.4 Å². The van der Waals surface area contributed by atoms with Crippen LogP contribution >= 0.6 is 0 Å². The maximum absolute atomic E-state index is 12.4. The Balaban J connectivity index is 1.35. The second-order valence-electron chi connectivity index (χ2n) is 7.74. The summed E-state index contributed by atoms with van der Waals surface area (Å²) in [5.74, 6) is 0.756. The molecular formula is C23H27N5O5. The van der Waals surface area contributed by atoms with Gasteiger partial charge in [0.25, 0.3) is 0 Å². The topological polar surface area (TPSA) is 113 Å². The number of anilines is 2. The molecule has 1 atom stereocenters. The summed E-state index contributed by atoms with van der Waals surface area (Å²) < 4.78 is 15.8. The van der Waals surface area contributed by atoms with Gasteiger partial charge in [-0.2, -0.15) is 0 Å². The molecule has 174 valence electrons. The van der Waals surface area contributed by atoms with Crippen LogP contribution in [0.3, 0.4) is 0 Å². The molecule has 4 rings (SSSR count). The summed E-state index contributed by atoms with van der Waals surface area (Å²) in [7, 11) is 1.65. The summed E-state index contributed by atoms with van der Waals surface area (Å²) in [6.45, 7) is 5.13. The molecule has 1 saturated heterocycles. The highest BCUT2D eigenvalue weighted by atomic mass is 16.5. The largest absolute Gasteiger partial charge is 0.497 e. The molecule has 1 fully saturated rings. The molecule has 1 aromatic carbocycles. The van der Waals surface area contributed by atoms with E-state index in [1.165, 1.54) is 0 Å². The molecule has 0 saturated carbocycles. The van der Waals surface area contributed by atoms with Crippen LogP contribution in [0, 0.1) is 6.92 Å². The highest BCUT2D eigenvalue weighted by molar-refractivity contribution is 6.39. The van der Waals surface area contributed by atoms with Crippen molar-refractivity contribution in [3.05, 3.63) is 60.2 Å². The number of carbonyl (C=O) groups excluding carboxylic acids is 2. The highest BCUT2D eigenvalue weighted by Gasteiger charge is 2.28. The predicted octanol–water partition coefficient (Wildman–Crippen LogP) is 2.20. The third-order valence-corrected chi connectivity index (χ3v) is 5.60. The van der Waals surface area contributed by atoms with Gasteiger partial charge in [-0.15, -0.1) is 0 Å². The van der Waals surface area contributed by atoms with Gasteiger partial charge in [0.2, 0.25) is 0 Å². The summed E-state index contributed by atoms with van der Waals surface area (Å²) in [6, 6.07) is 13.1. The zero-order valence-electron chi connectivity index (χ0n) is 18.6. The van der Waals surface area contributed by atoms with E-state index in [1.807, 2.05) is 36.4 Å². The molecule has 10 heteroatoms. The number of piperazine rings is 1. The van der Waals surface area contributed by atoms with Crippen molar-refractivity contribution in [2.45, 2.75) is 13.0 Å². The van der Waals surface area contributed by atoms with E-state index in [0.717, 1.165) is 43.4 Å². The van der Waals surface area contributed by atoms with E-state index in [2.05, 4.69) is 25.6 Å². The van der Waals surface area contributed by atoms with E-state index in [1.54, 1.807) is 26.4 Å². The van der Waals surface area contributed by atoms with E-state index < -0.39 is 11.8 Å². The lowest BCUT2D eigenvalue weighted by atomic mass is 10.1. The molecule has 1 aliphatic heterocycles. The molecule has 10 nitrogen and oxygen atoms in total. The minimum absolute atomic E-state index is 0.191. The number of methoxy groups -OCH3 is 1. The molecule has 1 unspecified atom stereocenters. The van der Waals surface area contributed by atoms with Gasteiger partial charge in [0.05, 0.1) is 19.4 Å². The van der Waals surface area contributed by atoms with Gasteiger partial charge >= 0.3 is 11.8 Å². The lowest BCUT2D eigenvalue weighted by Crippen LogP contribution is -2.50. The average molecular weight is 453 g/mol. The molecule has 1 aliphatic rings. The Morgan fingerprint density at radius 1 is 1.12 bits per heavy atom. The third kappa shape index (κ3) is 5.53. The molecule has 0 radical (unpaired) electrons. The van der Waals surface area contributed by atoms with E-state index in [0.29, 0.717) is 5.76 Å². The SMILES string of the molecule is COc1ccc(N2CCN(C(CNC(=O)C(=O)Nc3cc(C)on3)c3ccco3)CC2)cc1. The first-order valence-corrected chi connectivity index (χ1v) is 10.7. The van der Waals surface area contributed by atoms with Gasteiger partial charge in [0, 0.05) is 44.5 Å². The first kappa shape index (κ1) is 22.4. The van der Waals surface area contributed by atoms with E-state index in [-0.39, 0.29) is 18.4 Å². The fraction of sp³-hybridized carbons (Fsp3) is 0.348. The van der Waals surface area contributed by atoms with E-state index >= 15 is 0 Å². The van der Waals surface area contributed by atoms with Crippen LogP contribution in [0.25, 0.3) is 0 Å². The van der Waals surface area contributed by atoms with Crippen LogP contribution < -0.4 is 20.3 Å². The second kappa shape index (κ2) is 10.2. The zero-order valence-corrected chi connectivity index (χ0v) is 18.6. The lowest BCUT2D eigenvalue weighted by molar-refractivity contribution is -0.136. The Hall–Kier alpha value is -3.79. The van der Waals surface area contributed by atoms with Gasteiger partial charge in [0.1, 0.15) is 17.3 Å². The lowest BCUT2D eigenvalue weighted by Gasteiger charge is -2.39. The van der Waals surface area contributed by atoms with Gasteiger partial charge in [-0.25, -0.2) is 0 Å². The van der Waals surface area contributed by atoms with Crippen molar-refractivity contribution in [3.8, 4) is 5.75 Å². The van der Waals surface area contributed by atoms with E-state index in [4.69, 9.17) is 13.7 Å². The fourth-order valence-electron chi connectivity index (χ4n) is 3.84. The fourth-order valence-corrected chi connectivity index (χ4v) is 3.84. The van der Waals surface area contributed by atoms with Crippen molar-refractivity contribution >= 4 is 23.3 Å². The maximum atomic E-state index is 12.4. The van der Waals surface area contributed by atoms with Crippen molar-refractivity contribution in [3.63, 3.8) is 0 Å². The monoisotopic (exact) mass is 453 g/mol. The van der Waals surface area contributed by atoms with Gasteiger partial charge < -0.3 is 23.9 Å². The van der Waals surface area contributed by atoms with Crippen LogP contribution in [0.2, 0.25) is 0 Å². The van der Waals surface area contributed by atoms with Crippen LogP contribution in [0.1, 0.15) is 17.6 Å². The number of aromatic nitrogens is 1. The molecule has 0 aliphatic carbocycles. The Morgan fingerprint density at radius 3 is 2.48 bits per heavy atom. The summed E-state index contributed by atoms with van der Waals surface area (Å²) in [6.07, 6.45) is 1.61. The minimum atomic E-state index is -0.800. The van der Waals surface area contributed by atoms with Gasteiger partial charge in [0.15, 0.2) is 5.82 Å². The van der Waals surface area contributed by atoms with Gasteiger partial charge in [-0.1, -0.05) is 5.16 Å². The Morgan fingerprint density at radius 2 is 1.88 bits per heavy atom. The number of furan rings is 1. The van der Waals surface area contributed by atoms with Crippen molar-refractivity contribution in [2.75, 3.05) is 50.1 Å². The highest BCUT2D eigenvalue weighted by Crippen LogP contribution is 2.25. The number of carbonyl (C=O) groups is 2. The number of hydrogen-bond donors (Lipinski definition) is 2. The smallest absolute Gasteiger partial charge is 0.314 e. The number of hydrogen-bond acceptors (Lipinski definition) is 8. The first-order valence-electron chi connectivity index (χ1n) is 10.7. The van der Waals surface area contributed by atoms with E-state index in [9.17, 15) is 9.59 Å². The Kier molecular flexibility index (Phi) is 6.94. The summed E-state index contributed by atoms with van der Waals surface area (Å²) in [4.78, 5) is 29.1. The normalized spacial score (nSPS) is 15.2. The first-order chi connectivity index (χ1) is 16.0. The standard InChI is InChI=1S/C23H27N5O5/c1-16-14-21(26-33-16)25-23(30)22(29)24-15-19(20-4-3-13-32-20)28-11-9-27(10-12-28)17-5-7-18(31-2)8-6-17/h3-8,13-14,19H,9-12,15H2,1-2H3,(H,24,29)(H,25,26,30). The third-order valence-electron chi connectivity index (χ3n) is 5.60. The number of ether oxygens (including phenoxy) is 1. The van der Waals surface area contributed by atoms with Crippen LogP contribution in [0.4, 0.5) is 11.5 Å². The van der Waals surface area contributed by atoms with Gasteiger partial charge in [-0.3, -0.25) is 19.8 Å². The summed E-state index contributed by atoms with van der Waals surface area (Å²) in [5.41, 5.74) is 1.14. The molecule has 3 heterocycles. The van der Waals surface area contributed by atoms with Crippen molar-refractivity contribution in [2.24, 2.45) is 0 Å². The molecule has 3 aromatic rings. The number of rotatable bonds is 7. The van der Waals surface area contributed by atoms with Crippen LogP contribution in [0.15, 0.2) is 57.7 Å². The average Bonchev–Trinajstić information content (AvgIpc) is 3.51. The van der Waals surface area contributed by atoms with Crippen LogP contribution in [-0.4, -0.2) is 61.7 Å². The predicted molar refractivity (Wildman–Crippen MR) is 121 cm³/mol. The Labute approximate surface area is 191 Å². The number of nitrogens with zero attached hydrogens (tertiary/aromatic N) is 3. The van der Waals surface area contributed by atoms with Crippen molar-refractivity contribution < 1.29 is 23.3 Å². The van der Waals surface area contributed by atoms with Crippen LogP contribution in [0.5, 0.6) is 5.75 Å². The molecule has 33 heavy (non-hydrogen) atoms. The zero-order chi connectivity index (χ0) is 23.2. The quantitative estimate of drug-likeness (QED) is 0.524. The molecule has 2 aromatic heterocycles. The number of aryl methyl sites for hydroxylation is 1. The molecule has 2 N–H and O–H groups in total. The molecule has 0 bridgehead atoms. The number of benzene rings is 1. The number of amides is 2. The second-order valence-corrected chi connectivity index (χ2v) is 7.74. The van der Waals surface area contributed by atoms with Crippen molar-refractivity contribution in [1.29, 1.82) is 0 Å². The minimum Gasteiger partial charge on any atom is -0.497 e. The maximum Gasteiger partial charge on any atom is 0.314 e. The molecule has 2 amide bonds. The molecule has 0 spiro atoms. The van der Waals surface area contributed by atoms with Gasteiger partial charge in [-0.05, 0) is 43.3 Å².